The molecule has 2 aromatic carbocycles. The molecule has 0 radical (unpaired) electrons. The van der Waals surface area contributed by atoms with Crippen molar-refractivity contribution in [2.45, 2.75) is 108 Å². The van der Waals surface area contributed by atoms with E-state index in [1.54, 1.807) is 44.2 Å². The Balaban J connectivity index is 2.23. The molecule has 24 nitrogen and oxygen atoms in total. The zero-order chi connectivity index (χ0) is 48.6. The summed E-state index contributed by atoms with van der Waals surface area (Å²) in [4.78, 5) is 127. The maximum atomic E-state index is 13.8. The molecule has 0 fully saturated rings. The number of aliphatic carboxylic acids is 1. The fraction of sp³-hybridized carbons (Fsp3) is 0.488. The first-order chi connectivity index (χ1) is 30.7. The third kappa shape index (κ3) is 20.6. The zero-order valence-electron chi connectivity index (χ0n) is 36.1. The van der Waals surface area contributed by atoms with E-state index in [4.69, 9.17) is 17.2 Å². The SMILES string of the molecule is CC(C)[C@H](NC(=O)CNC(=O)[C@H](CCC(N)=O)NC(=O)[C@H](Cc1ccc(O)cc1)N[N+](=O)[O-])C(=O)N[C@@H](CCC(N)=O)C(=O)N[C@@H](Cc1ccccc1)C(=O)N[C@@H](CCCCN)C(=O)O. The number of rotatable bonds is 30. The molecule has 356 valence electrons. The molecule has 0 aliphatic heterocycles. The highest BCUT2D eigenvalue weighted by Gasteiger charge is 2.34. The normalized spacial score (nSPS) is 13.6. The molecule has 15 N–H and O–H groups in total. The number of aromatic hydroxyl groups is 1. The molecule has 0 saturated heterocycles. The second-order valence-corrected chi connectivity index (χ2v) is 15.4. The van der Waals surface area contributed by atoms with Crippen molar-refractivity contribution in [3.8, 4) is 5.75 Å². The van der Waals surface area contributed by atoms with Gasteiger partial charge in [-0.1, -0.05) is 56.3 Å². The minimum absolute atomic E-state index is 0.0627. The van der Waals surface area contributed by atoms with E-state index in [0.29, 0.717) is 30.5 Å². The first-order valence-electron chi connectivity index (χ1n) is 20.7. The molecular weight excluding hydrogens is 855 g/mol. The van der Waals surface area contributed by atoms with Crippen molar-refractivity contribution >= 4 is 53.2 Å². The molecule has 0 aliphatic rings. The Morgan fingerprint density at radius 2 is 1.12 bits per heavy atom. The molecule has 8 amide bonds. The van der Waals surface area contributed by atoms with Crippen molar-refractivity contribution in [2.75, 3.05) is 13.1 Å². The first-order valence-corrected chi connectivity index (χ1v) is 20.7. The van der Waals surface area contributed by atoms with Gasteiger partial charge in [-0.3, -0.25) is 38.4 Å². The van der Waals surface area contributed by atoms with Crippen molar-refractivity contribution < 1.29 is 58.4 Å². The maximum Gasteiger partial charge on any atom is 0.326 e. The summed E-state index contributed by atoms with van der Waals surface area (Å²) in [6.45, 7) is 2.63. The minimum Gasteiger partial charge on any atom is -0.508 e. The van der Waals surface area contributed by atoms with Gasteiger partial charge >= 0.3 is 5.97 Å². The zero-order valence-corrected chi connectivity index (χ0v) is 36.1. The molecule has 0 spiro atoms. The van der Waals surface area contributed by atoms with Crippen LogP contribution in [0.4, 0.5) is 0 Å². The van der Waals surface area contributed by atoms with Gasteiger partial charge in [-0.15, -0.1) is 5.43 Å². The molecule has 6 atom stereocenters. The predicted molar refractivity (Wildman–Crippen MR) is 231 cm³/mol. The van der Waals surface area contributed by atoms with Crippen LogP contribution in [0.5, 0.6) is 5.75 Å². The fourth-order valence-electron chi connectivity index (χ4n) is 6.24. The number of nitro groups is 1. The van der Waals surface area contributed by atoms with E-state index < -0.39 is 120 Å². The van der Waals surface area contributed by atoms with Crippen LogP contribution >= 0.6 is 0 Å². The van der Waals surface area contributed by atoms with Crippen LogP contribution in [0.15, 0.2) is 54.6 Å². The number of nitrogens with one attached hydrogen (secondary N) is 7. The average molecular weight is 914 g/mol. The molecule has 24 heteroatoms. The number of carboxylic acid groups (broad SMARTS) is 1. The Labute approximate surface area is 374 Å². The molecule has 2 rings (SSSR count). The number of carbonyl (C=O) groups is 9. The van der Waals surface area contributed by atoms with Crippen molar-refractivity contribution in [1.82, 2.24) is 37.3 Å². The van der Waals surface area contributed by atoms with Gasteiger partial charge in [0.2, 0.25) is 47.3 Å². The van der Waals surface area contributed by atoms with Crippen molar-refractivity contribution in [2.24, 2.45) is 23.1 Å². The molecule has 2 aromatic rings. The number of phenols is 1. The Bertz CT molecular complexity index is 1970. The van der Waals surface area contributed by atoms with Crippen LogP contribution in [0.2, 0.25) is 0 Å². The van der Waals surface area contributed by atoms with Crippen LogP contribution in [-0.4, -0.2) is 118 Å². The lowest BCUT2D eigenvalue weighted by Crippen LogP contribution is -2.59. The van der Waals surface area contributed by atoms with Gasteiger partial charge in [-0.25, -0.2) is 14.9 Å². The van der Waals surface area contributed by atoms with Gasteiger partial charge in [0.05, 0.1) is 6.54 Å². The molecule has 65 heavy (non-hydrogen) atoms. The van der Waals surface area contributed by atoms with Gasteiger partial charge in [0.15, 0.2) is 11.1 Å². The summed E-state index contributed by atoms with van der Waals surface area (Å²) in [7, 11) is 0. The largest absolute Gasteiger partial charge is 0.508 e. The van der Waals surface area contributed by atoms with Crippen LogP contribution in [0.3, 0.4) is 0 Å². The summed E-state index contributed by atoms with van der Waals surface area (Å²) in [5, 5.41) is 44.2. The third-order valence-electron chi connectivity index (χ3n) is 9.74. The Morgan fingerprint density at radius 1 is 0.631 bits per heavy atom. The Kier molecular flexibility index (Phi) is 22.9. The summed E-state index contributed by atoms with van der Waals surface area (Å²) in [5.41, 5.74) is 19.0. The highest BCUT2D eigenvalue weighted by atomic mass is 16.7. The van der Waals surface area contributed by atoms with E-state index in [1.807, 2.05) is 5.43 Å². The monoisotopic (exact) mass is 913 g/mol. The highest BCUT2D eigenvalue weighted by molar-refractivity contribution is 5.96. The number of hydrogen-bond acceptors (Lipinski definition) is 13. The lowest BCUT2D eigenvalue weighted by atomic mass is 10.0. The molecule has 0 bridgehead atoms. The van der Waals surface area contributed by atoms with Gasteiger partial charge in [-0.05, 0) is 67.8 Å². The number of hydrogen-bond donors (Lipinski definition) is 12. The van der Waals surface area contributed by atoms with Crippen molar-refractivity contribution in [1.29, 1.82) is 0 Å². The van der Waals surface area contributed by atoms with E-state index in [1.165, 1.54) is 24.3 Å². The quantitative estimate of drug-likeness (QED) is 0.0215. The van der Waals surface area contributed by atoms with E-state index >= 15 is 0 Å². The lowest BCUT2D eigenvalue weighted by Gasteiger charge is -2.27. The number of hydrazine groups is 1. The number of amides is 8. The minimum atomic E-state index is -1.53. The summed E-state index contributed by atoms with van der Waals surface area (Å²) in [5.74, 6) is -9.34. The number of benzene rings is 2. The van der Waals surface area contributed by atoms with Crippen LogP contribution in [0, 0.1) is 16.0 Å². The first kappa shape index (κ1) is 53.8. The number of nitrogens with two attached hydrogens (primary N) is 3. The Morgan fingerprint density at radius 3 is 1.66 bits per heavy atom. The van der Waals surface area contributed by atoms with Gasteiger partial charge in [0.25, 0.3) is 0 Å². The standard InChI is InChI=1S/C41H59N11O13/c1-23(2)35(50-34(56)22-45-36(57)27(15-17-32(43)54)46-39(60)31(51-52(64)65)21-25-11-13-26(53)14-12-25)40(61)47-28(16-18-33(44)55)37(58)49-30(20-24-8-4-3-5-9-24)38(59)48-29(41(62)63)10-6-7-19-42/h3-5,8-9,11-14,23,27-31,35,51,53H,6-7,10,15-22,42H2,1-2H3,(H2,43,54)(H2,44,55)(H,45,57)(H,46,60)(H,47,61)(H,48,59)(H,49,58)(H,50,56)(H,62,63)/t27-,28-,29-,30-,31-,35-/m0/s1. The van der Waals surface area contributed by atoms with E-state index in [9.17, 15) is 63.5 Å². The van der Waals surface area contributed by atoms with Gasteiger partial charge in [0.1, 0.15) is 36.0 Å². The fourth-order valence-corrected chi connectivity index (χ4v) is 6.24. The van der Waals surface area contributed by atoms with Crippen molar-refractivity contribution in [3.63, 3.8) is 0 Å². The van der Waals surface area contributed by atoms with Crippen LogP contribution in [0.25, 0.3) is 0 Å². The number of nitrogens with zero attached hydrogens (tertiary/aromatic N) is 1. The molecule has 0 heterocycles. The summed E-state index contributed by atoms with van der Waals surface area (Å²) in [6.07, 6.45) is -0.894. The van der Waals surface area contributed by atoms with E-state index in [2.05, 4.69) is 31.9 Å². The summed E-state index contributed by atoms with van der Waals surface area (Å²) in [6, 6.07) is 5.33. The third-order valence-corrected chi connectivity index (χ3v) is 9.74. The van der Waals surface area contributed by atoms with Crippen molar-refractivity contribution in [3.05, 3.63) is 75.8 Å². The maximum absolute atomic E-state index is 13.8. The second kappa shape index (κ2) is 27.6. The number of unbranched alkanes of at least 4 members (excludes halogenated alkanes) is 1. The molecule has 0 aliphatic carbocycles. The summed E-state index contributed by atoms with van der Waals surface area (Å²) >= 11 is 0. The Hall–Kier alpha value is -7.37. The number of primary amides is 2. The predicted octanol–water partition coefficient (Wildman–Crippen LogP) is -2.73. The molecule has 0 aromatic heterocycles. The van der Waals surface area contributed by atoms with Gasteiger partial charge in [-0.2, -0.15) is 0 Å². The topological polar surface area (TPSA) is 399 Å². The molecule has 0 unspecified atom stereocenters. The van der Waals surface area contributed by atoms with E-state index in [-0.39, 0.29) is 37.9 Å². The highest BCUT2D eigenvalue weighted by Crippen LogP contribution is 2.13. The van der Waals surface area contributed by atoms with Gasteiger partial charge in [0, 0.05) is 25.7 Å². The van der Waals surface area contributed by atoms with Crippen LogP contribution in [0.1, 0.15) is 69.9 Å². The smallest absolute Gasteiger partial charge is 0.326 e. The second-order valence-electron chi connectivity index (χ2n) is 15.4. The van der Waals surface area contributed by atoms with Crippen LogP contribution in [-0.2, 0) is 56.0 Å². The summed E-state index contributed by atoms with van der Waals surface area (Å²) < 4.78 is 0. The number of carbonyl (C=O) groups excluding carboxylic acids is 8. The molecular formula is C41H59N11O13. The van der Waals surface area contributed by atoms with E-state index in [0.717, 1.165) is 0 Å². The molecule has 0 saturated carbocycles. The lowest BCUT2D eigenvalue weighted by molar-refractivity contribution is -0.548. The van der Waals surface area contributed by atoms with Gasteiger partial charge < -0.3 is 59.3 Å². The number of carboxylic acids is 1. The average Bonchev–Trinajstić information content (AvgIpc) is 3.24. The number of phenolic OH excluding ortho intramolecular Hbond substituents is 1. The van der Waals surface area contributed by atoms with Crippen LogP contribution < -0.4 is 54.5 Å².